The Labute approximate surface area is 632 Å². The molecule has 2 atom stereocenters. The van der Waals surface area contributed by atoms with Crippen molar-refractivity contribution in [3.05, 3.63) is 219 Å². The van der Waals surface area contributed by atoms with Crippen molar-refractivity contribution < 1.29 is 42.9 Å². The number of carboxylic acids is 1. The molecule has 0 amide bonds. The second-order valence-electron chi connectivity index (χ2n) is 27.6. The molecule has 0 bridgehead atoms. The lowest BCUT2D eigenvalue weighted by atomic mass is 10.0. The Morgan fingerprint density at radius 3 is 0.777 bits per heavy atom. The van der Waals surface area contributed by atoms with Gasteiger partial charge in [-0.25, -0.2) is 4.79 Å². The third-order valence-corrected chi connectivity index (χ3v) is 16.7. The van der Waals surface area contributed by atoms with Crippen LogP contribution in [0.4, 0.5) is 0 Å². The van der Waals surface area contributed by atoms with Crippen LogP contribution in [0.5, 0.6) is 0 Å². The molecule has 0 fully saturated rings. The van der Waals surface area contributed by atoms with E-state index in [1.54, 1.807) is 0 Å². The fraction of sp³-hybridized carbons (Fsp3) is 0.585. The number of carbonyl (C=O) groups excluding carboxylic acids is 2. The van der Waals surface area contributed by atoms with E-state index < -0.39 is 24.3 Å². The number of aliphatic carboxylic acids is 1. The SMILES string of the molecule is CC/C=C\C/C=C\C/C=C\C/C=C\C/C=C\C/C=C\C/C=C\C/C=C\C/C=C\C/C=C\CCCCCCCCCCCCC(=O)OC(COC(=O)CCCCCCCCCCCCCC/C=C\C/C=C\C/C=C\C/C=C\C/C=C\C/C=C\C/C=C\C/C=C\CC)COC(OCC[N+](C)(C)C)C(=O)O. The number of rotatable bonds is 73. The van der Waals surface area contributed by atoms with Gasteiger partial charge in [-0.2, -0.15) is 0 Å². The van der Waals surface area contributed by atoms with Crippen LogP contribution in [0, 0.1) is 0 Å². The Kier molecular flexibility index (Phi) is 76.2. The van der Waals surface area contributed by atoms with Crippen molar-refractivity contribution >= 4 is 17.9 Å². The molecule has 103 heavy (non-hydrogen) atoms. The highest BCUT2D eigenvalue weighted by Gasteiger charge is 2.25. The average Bonchev–Trinajstić information content (AvgIpc) is 1.01. The molecule has 0 heterocycles. The monoisotopic (exact) mass is 1420 g/mol. The van der Waals surface area contributed by atoms with E-state index in [-0.39, 0.29) is 38.6 Å². The first-order valence-corrected chi connectivity index (χ1v) is 40.9. The smallest absolute Gasteiger partial charge is 0.361 e. The highest BCUT2D eigenvalue weighted by atomic mass is 16.7. The molecule has 1 N–H and O–H groups in total. The fourth-order valence-corrected chi connectivity index (χ4v) is 10.6. The molecule has 2 unspecified atom stereocenters. The normalized spacial score (nSPS) is 13.8. The number of allylic oxidation sites excluding steroid dienone is 36. The minimum absolute atomic E-state index is 0.177. The van der Waals surface area contributed by atoms with Crippen LogP contribution < -0.4 is 0 Å². The van der Waals surface area contributed by atoms with Crippen LogP contribution >= 0.6 is 0 Å². The van der Waals surface area contributed by atoms with Gasteiger partial charge in [0.2, 0.25) is 0 Å². The van der Waals surface area contributed by atoms with E-state index in [0.29, 0.717) is 17.4 Å². The van der Waals surface area contributed by atoms with Crippen LogP contribution in [0.25, 0.3) is 0 Å². The second kappa shape index (κ2) is 81.3. The number of esters is 2. The fourth-order valence-electron chi connectivity index (χ4n) is 10.6. The summed E-state index contributed by atoms with van der Waals surface area (Å²) in [5, 5.41) is 9.78. The predicted molar refractivity (Wildman–Crippen MR) is 446 cm³/mol. The summed E-state index contributed by atoms with van der Waals surface area (Å²) >= 11 is 0. The molecule has 0 spiro atoms. The Morgan fingerprint density at radius 1 is 0.291 bits per heavy atom. The van der Waals surface area contributed by atoms with E-state index in [1.807, 2.05) is 21.1 Å². The number of hydrogen-bond acceptors (Lipinski definition) is 7. The number of hydrogen-bond donors (Lipinski definition) is 1. The summed E-state index contributed by atoms with van der Waals surface area (Å²) in [7, 11) is 5.97. The van der Waals surface area contributed by atoms with Crippen molar-refractivity contribution in [3.63, 3.8) is 0 Å². The van der Waals surface area contributed by atoms with Crippen LogP contribution in [0.2, 0.25) is 0 Å². The van der Waals surface area contributed by atoms with E-state index in [1.165, 1.54) is 103 Å². The third-order valence-electron chi connectivity index (χ3n) is 16.7. The summed E-state index contributed by atoms with van der Waals surface area (Å²) in [6.45, 7) is 4.63. The van der Waals surface area contributed by atoms with Gasteiger partial charge < -0.3 is 28.5 Å². The molecular formula is C94H150NO8+. The molecular weight excluding hydrogens is 1270 g/mol. The Hall–Kier alpha value is -6.39. The molecule has 9 nitrogen and oxygen atoms in total. The minimum atomic E-state index is -1.53. The summed E-state index contributed by atoms with van der Waals surface area (Å²) in [5.74, 6) is -2.03. The van der Waals surface area contributed by atoms with Crippen molar-refractivity contribution in [1.82, 2.24) is 0 Å². The number of nitrogens with zero attached hydrogens (tertiary/aromatic N) is 1. The molecule has 0 saturated heterocycles. The highest BCUT2D eigenvalue weighted by molar-refractivity contribution is 5.71. The lowest BCUT2D eigenvalue weighted by molar-refractivity contribution is -0.870. The number of carboxylic acid groups (broad SMARTS) is 1. The number of ether oxygens (including phenoxy) is 4. The molecule has 0 aromatic rings. The van der Waals surface area contributed by atoms with Crippen LogP contribution in [0.1, 0.15) is 296 Å². The molecule has 9 heteroatoms. The first-order chi connectivity index (χ1) is 50.6. The van der Waals surface area contributed by atoms with E-state index in [2.05, 4.69) is 233 Å². The lowest BCUT2D eigenvalue weighted by Gasteiger charge is -2.25. The summed E-state index contributed by atoms with van der Waals surface area (Å²) < 4.78 is 23.0. The van der Waals surface area contributed by atoms with Gasteiger partial charge >= 0.3 is 17.9 Å². The first kappa shape index (κ1) is 96.6. The third kappa shape index (κ3) is 82.8. The molecule has 0 aliphatic rings. The van der Waals surface area contributed by atoms with Crippen molar-refractivity contribution in [2.24, 2.45) is 0 Å². The summed E-state index contributed by atoms with van der Waals surface area (Å²) in [5.41, 5.74) is 0. The quantitative estimate of drug-likeness (QED) is 0.0211. The van der Waals surface area contributed by atoms with Gasteiger partial charge in [-0.1, -0.05) is 348 Å². The molecule has 0 aliphatic carbocycles. The lowest BCUT2D eigenvalue weighted by Crippen LogP contribution is -2.40. The topological polar surface area (TPSA) is 108 Å². The average molecular weight is 1420 g/mol. The maximum absolute atomic E-state index is 13.0. The minimum Gasteiger partial charge on any atom is -0.477 e. The standard InChI is InChI=1S/C94H149NO8/c1-6-8-10-12-14-16-18-20-22-24-26-28-30-32-34-36-38-40-42-44-45-46-47-49-51-53-55-57-59-61-63-65-67-69-71-73-75-77-79-81-83-85-92(97)103-90(89-102-94(93(98)99)100-87-86-95(3,4)5)88-101-91(96)84-82-80-78-76-74-72-70-68-66-64-62-60-58-56-54-52-50-48-43-41-39-37-35-33-31-29-27-25-23-21-19-17-15-13-11-9-7-2/h8-11,14-17,20-23,26-29,32-35,38-41,44-45,47-50,53-56,59,61,90,94H,6-7,12-13,18-19,24-25,30-31,36-37,42-43,46,51-52,57-58,60,62-89H2,1-5H3/p+1/b10-8-,11-9-,16-14-,17-15-,22-20-,23-21-,28-26-,29-27-,34-32-,35-33-,40-38-,41-39-,45-44-,49-47-,50-48-,55-53-,56-54-,61-59-. The van der Waals surface area contributed by atoms with E-state index in [0.717, 1.165) is 161 Å². The van der Waals surface area contributed by atoms with Gasteiger partial charge in [-0.05, 0) is 154 Å². The zero-order valence-corrected chi connectivity index (χ0v) is 66.1. The van der Waals surface area contributed by atoms with Gasteiger partial charge in [-0.3, -0.25) is 9.59 Å². The van der Waals surface area contributed by atoms with Crippen LogP contribution in [0.15, 0.2) is 219 Å². The summed E-state index contributed by atoms with van der Waals surface area (Å²) in [4.78, 5) is 37.8. The summed E-state index contributed by atoms with van der Waals surface area (Å²) in [6.07, 6.45) is 125. The van der Waals surface area contributed by atoms with Gasteiger partial charge in [0.25, 0.3) is 6.29 Å². The van der Waals surface area contributed by atoms with Gasteiger partial charge in [0.15, 0.2) is 6.10 Å². The Morgan fingerprint density at radius 2 is 0.524 bits per heavy atom. The molecule has 0 rings (SSSR count). The molecule has 0 radical (unpaired) electrons. The van der Waals surface area contributed by atoms with Crippen molar-refractivity contribution in [2.75, 3.05) is 47.5 Å². The largest absolute Gasteiger partial charge is 0.477 e. The molecule has 578 valence electrons. The molecule has 0 saturated carbocycles. The second-order valence-corrected chi connectivity index (χ2v) is 27.6. The van der Waals surface area contributed by atoms with E-state index >= 15 is 0 Å². The maximum atomic E-state index is 13.0. The zero-order valence-electron chi connectivity index (χ0n) is 66.1. The van der Waals surface area contributed by atoms with Gasteiger partial charge in [0.1, 0.15) is 13.2 Å². The van der Waals surface area contributed by atoms with E-state index in [4.69, 9.17) is 18.9 Å². The summed E-state index contributed by atoms with van der Waals surface area (Å²) in [6, 6.07) is 0. The first-order valence-electron chi connectivity index (χ1n) is 40.9. The maximum Gasteiger partial charge on any atom is 0.361 e. The predicted octanol–water partition coefficient (Wildman–Crippen LogP) is 26.8. The molecule has 0 aromatic heterocycles. The zero-order chi connectivity index (χ0) is 74.6. The number of quaternary nitrogens is 1. The number of likely N-dealkylation sites (N-methyl/N-ethyl adjacent to an activating group) is 1. The van der Waals surface area contributed by atoms with Gasteiger partial charge in [0.05, 0.1) is 34.4 Å². The van der Waals surface area contributed by atoms with Crippen molar-refractivity contribution in [1.29, 1.82) is 0 Å². The number of unbranched alkanes of at least 4 members (excludes halogenated alkanes) is 22. The van der Waals surface area contributed by atoms with E-state index in [9.17, 15) is 19.5 Å². The van der Waals surface area contributed by atoms with Crippen molar-refractivity contribution in [2.45, 2.75) is 309 Å². The van der Waals surface area contributed by atoms with Gasteiger partial charge in [-0.15, -0.1) is 0 Å². The number of carbonyl (C=O) groups is 3. The van der Waals surface area contributed by atoms with Crippen molar-refractivity contribution in [3.8, 4) is 0 Å². The molecule has 0 aromatic carbocycles. The van der Waals surface area contributed by atoms with Gasteiger partial charge in [0, 0.05) is 12.8 Å². The van der Waals surface area contributed by atoms with Crippen LogP contribution in [-0.2, 0) is 33.3 Å². The highest BCUT2D eigenvalue weighted by Crippen LogP contribution is 2.17. The van der Waals surface area contributed by atoms with Crippen LogP contribution in [-0.4, -0.2) is 87.4 Å². The van der Waals surface area contributed by atoms with Crippen LogP contribution in [0.3, 0.4) is 0 Å². The molecule has 0 aliphatic heterocycles. The Balaban J connectivity index is 4.13. The Bertz CT molecular complexity index is 2510.